The van der Waals surface area contributed by atoms with Crippen molar-refractivity contribution in [2.45, 2.75) is 19.0 Å². The number of nitrogens with zero attached hydrogens (tertiary/aromatic N) is 3. The van der Waals surface area contributed by atoms with Crippen molar-refractivity contribution in [2.75, 3.05) is 31.1 Å². The van der Waals surface area contributed by atoms with E-state index in [-0.39, 0.29) is 17.5 Å². The van der Waals surface area contributed by atoms with E-state index in [1.807, 2.05) is 4.90 Å². The number of aliphatic carboxylic acids is 1. The molecule has 0 unspecified atom stereocenters. The number of hydrogen-bond donors (Lipinski definition) is 1. The van der Waals surface area contributed by atoms with Crippen LogP contribution in [0.3, 0.4) is 0 Å². The van der Waals surface area contributed by atoms with Crippen LogP contribution in [0.25, 0.3) is 11.3 Å². The van der Waals surface area contributed by atoms with Crippen LogP contribution in [-0.4, -0.2) is 59.4 Å². The molecule has 0 aliphatic carbocycles. The van der Waals surface area contributed by atoms with Gasteiger partial charge in [0.1, 0.15) is 11.6 Å². The molecule has 3 aromatic rings. The van der Waals surface area contributed by atoms with Crippen molar-refractivity contribution in [3.05, 3.63) is 71.9 Å². The molecule has 2 heterocycles. The fraction of sp³-hybridized carbons (Fsp3) is 0.292. The summed E-state index contributed by atoms with van der Waals surface area (Å²) >= 11 is 0. The monoisotopic (exact) mass is 511 g/mol. The molecule has 0 bridgehead atoms. The Balaban J connectivity index is 0.000000454. The summed E-state index contributed by atoms with van der Waals surface area (Å²) in [6, 6.07) is 12.4. The predicted molar refractivity (Wildman–Crippen MR) is 119 cm³/mol. The van der Waals surface area contributed by atoms with E-state index in [4.69, 9.17) is 14.4 Å². The van der Waals surface area contributed by atoms with Crippen molar-refractivity contribution in [3.8, 4) is 11.3 Å². The Morgan fingerprint density at radius 3 is 1.97 bits per heavy atom. The van der Waals surface area contributed by atoms with Crippen molar-refractivity contribution >= 4 is 17.6 Å². The summed E-state index contributed by atoms with van der Waals surface area (Å²) in [6.07, 6.45) is -2.61. The second kappa shape index (κ2) is 11.6. The van der Waals surface area contributed by atoms with Crippen LogP contribution in [0.1, 0.15) is 12.0 Å². The highest BCUT2D eigenvalue weighted by molar-refractivity contribution is 5.77. The van der Waals surface area contributed by atoms with Crippen molar-refractivity contribution in [1.82, 2.24) is 10.1 Å². The van der Waals surface area contributed by atoms with Crippen LogP contribution in [0.5, 0.6) is 0 Å². The highest BCUT2D eigenvalue weighted by Crippen LogP contribution is 2.25. The number of carboxylic acid groups (broad SMARTS) is 1. The Bertz CT molecular complexity index is 1160. The number of carboxylic acids is 1. The lowest BCUT2D eigenvalue weighted by atomic mass is 10.0. The van der Waals surface area contributed by atoms with Crippen LogP contribution in [0.15, 0.2) is 59.3 Å². The average molecular weight is 511 g/mol. The van der Waals surface area contributed by atoms with Gasteiger partial charge in [-0.1, -0.05) is 5.16 Å². The van der Waals surface area contributed by atoms with Crippen LogP contribution in [0, 0.1) is 11.6 Å². The molecule has 1 amide bonds. The van der Waals surface area contributed by atoms with Crippen LogP contribution in [0.2, 0.25) is 0 Å². The molecule has 192 valence electrons. The highest BCUT2D eigenvalue weighted by Gasteiger charge is 2.38. The maximum absolute atomic E-state index is 13.1. The average Bonchev–Trinajstić information content (AvgIpc) is 3.32. The maximum Gasteiger partial charge on any atom is 0.490 e. The van der Waals surface area contributed by atoms with Gasteiger partial charge in [-0.05, 0) is 55.0 Å². The number of piperazine rings is 1. The van der Waals surface area contributed by atoms with Gasteiger partial charge in [-0.15, -0.1) is 0 Å². The number of aryl methyl sites for hydroxylation is 1. The highest BCUT2D eigenvalue weighted by atomic mass is 19.4. The molecule has 1 saturated heterocycles. The first kappa shape index (κ1) is 26.6. The van der Waals surface area contributed by atoms with E-state index in [9.17, 15) is 26.7 Å². The van der Waals surface area contributed by atoms with Gasteiger partial charge in [-0.3, -0.25) is 4.79 Å². The van der Waals surface area contributed by atoms with Crippen molar-refractivity contribution in [2.24, 2.45) is 0 Å². The molecule has 1 aliphatic heterocycles. The predicted octanol–water partition coefficient (Wildman–Crippen LogP) is 4.53. The standard InChI is InChI=1S/C22H21F2N3O2.C2HF3O2/c23-18-4-1-16(2-5-18)22-17(15-25-29-22)3-10-21(28)27-13-11-26(12-14-27)20-8-6-19(24)7-9-20;3-2(4,5)1(6)7/h1-2,4-9,15H,3,10-14H2;(H,6,7). The Labute approximate surface area is 202 Å². The molecular formula is C24H22F5N3O4. The fourth-order valence-electron chi connectivity index (χ4n) is 3.54. The molecule has 1 fully saturated rings. The number of halogens is 5. The molecule has 0 saturated carbocycles. The number of amides is 1. The van der Waals surface area contributed by atoms with Crippen molar-refractivity contribution in [1.29, 1.82) is 0 Å². The summed E-state index contributed by atoms with van der Waals surface area (Å²) in [4.78, 5) is 25.5. The number of benzene rings is 2. The number of hydrogen-bond acceptors (Lipinski definition) is 5. The van der Waals surface area contributed by atoms with Gasteiger partial charge in [-0.2, -0.15) is 13.2 Å². The first-order chi connectivity index (χ1) is 17.0. The third-order valence-electron chi connectivity index (χ3n) is 5.43. The third-order valence-corrected chi connectivity index (χ3v) is 5.43. The quantitative estimate of drug-likeness (QED) is 0.507. The summed E-state index contributed by atoms with van der Waals surface area (Å²) in [5, 5.41) is 11.0. The van der Waals surface area contributed by atoms with Crippen LogP contribution in [-0.2, 0) is 16.0 Å². The van der Waals surface area contributed by atoms with Gasteiger partial charge in [0.25, 0.3) is 0 Å². The summed E-state index contributed by atoms with van der Waals surface area (Å²) in [5.41, 5.74) is 2.53. The molecule has 1 N–H and O–H groups in total. The SMILES string of the molecule is O=C(CCc1cnoc1-c1ccc(F)cc1)N1CCN(c2ccc(F)cc2)CC1.O=C(O)C(F)(F)F. The minimum absolute atomic E-state index is 0.0787. The van der Waals surface area contributed by atoms with E-state index in [0.717, 1.165) is 16.8 Å². The van der Waals surface area contributed by atoms with Gasteiger partial charge in [0.2, 0.25) is 5.91 Å². The van der Waals surface area contributed by atoms with Crippen LogP contribution >= 0.6 is 0 Å². The Kier molecular flexibility index (Phi) is 8.62. The zero-order valence-corrected chi connectivity index (χ0v) is 18.8. The number of rotatable bonds is 5. The van der Waals surface area contributed by atoms with Gasteiger partial charge >= 0.3 is 12.1 Å². The van der Waals surface area contributed by atoms with Gasteiger partial charge in [0, 0.05) is 49.4 Å². The summed E-state index contributed by atoms with van der Waals surface area (Å²) in [7, 11) is 0. The number of carbonyl (C=O) groups is 2. The number of anilines is 1. The molecule has 0 atom stereocenters. The second-order valence-electron chi connectivity index (χ2n) is 7.83. The molecule has 12 heteroatoms. The lowest BCUT2D eigenvalue weighted by Crippen LogP contribution is -2.48. The van der Waals surface area contributed by atoms with E-state index in [1.165, 1.54) is 24.3 Å². The molecule has 1 aliphatic rings. The molecule has 1 aromatic heterocycles. The third kappa shape index (κ3) is 7.27. The van der Waals surface area contributed by atoms with E-state index in [1.54, 1.807) is 30.5 Å². The molecule has 0 spiro atoms. The maximum atomic E-state index is 13.1. The first-order valence-electron chi connectivity index (χ1n) is 10.8. The second-order valence-corrected chi connectivity index (χ2v) is 7.83. The Morgan fingerprint density at radius 2 is 1.44 bits per heavy atom. The zero-order chi connectivity index (χ0) is 26.3. The number of alkyl halides is 3. The lowest BCUT2D eigenvalue weighted by molar-refractivity contribution is -0.192. The molecule has 0 radical (unpaired) electrons. The minimum Gasteiger partial charge on any atom is -0.475 e. The Morgan fingerprint density at radius 1 is 0.917 bits per heavy atom. The summed E-state index contributed by atoms with van der Waals surface area (Å²) in [6.45, 7) is 2.69. The van der Waals surface area contributed by atoms with Gasteiger partial charge in [-0.25, -0.2) is 13.6 Å². The minimum atomic E-state index is -5.08. The molecule has 4 rings (SSSR count). The van der Waals surface area contributed by atoms with Crippen LogP contribution < -0.4 is 4.90 Å². The first-order valence-corrected chi connectivity index (χ1v) is 10.8. The van der Waals surface area contributed by atoms with E-state index >= 15 is 0 Å². The van der Waals surface area contributed by atoms with Gasteiger partial charge in [0.15, 0.2) is 5.76 Å². The topological polar surface area (TPSA) is 86.9 Å². The Hall–Kier alpha value is -3.96. The van der Waals surface area contributed by atoms with E-state index in [2.05, 4.69) is 10.1 Å². The number of aromatic nitrogens is 1. The van der Waals surface area contributed by atoms with Gasteiger partial charge in [0.05, 0.1) is 6.20 Å². The normalized spacial score (nSPS) is 13.7. The lowest BCUT2D eigenvalue weighted by Gasteiger charge is -2.36. The van der Waals surface area contributed by atoms with Crippen molar-refractivity contribution in [3.63, 3.8) is 0 Å². The van der Waals surface area contributed by atoms with E-state index in [0.29, 0.717) is 44.8 Å². The van der Waals surface area contributed by atoms with E-state index < -0.39 is 12.1 Å². The molecule has 2 aromatic carbocycles. The molecular weight excluding hydrogens is 489 g/mol. The summed E-state index contributed by atoms with van der Waals surface area (Å²) < 4.78 is 63.2. The zero-order valence-electron chi connectivity index (χ0n) is 18.8. The molecule has 7 nitrogen and oxygen atoms in total. The van der Waals surface area contributed by atoms with Crippen molar-refractivity contribution < 1.29 is 41.2 Å². The van der Waals surface area contributed by atoms with Crippen LogP contribution in [0.4, 0.5) is 27.6 Å². The number of carbonyl (C=O) groups excluding carboxylic acids is 1. The largest absolute Gasteiger partial charge is 0.490 e. The smallest absolute Gasteiger partial charge is 0.475 e. The molecule has 36 heavy (non-hydrogen) atoms. The fourth-order valence-corrected chi connectivity index (χ4v) is 3.54. The van der Waals surface area contributed by atoms with Gasteiger partial charge < -0.3 is 19.4 Å². The summed E-state index contributed by atoms with van der Waals surface area (Å²) in [5.74, 6) is -2.68.